The summed E-state index contributed by atoms with van der Waals surface area (Å²) in [6, 6.07) is 15.9. The van der Waals surface area contributed by atoms with Crippen LogP contribution in [0.25, 0.3) is 0 Å². The Bertz CT molecular complexity index is 752. The number of likely N-dealkylation sites (N-methyl/N-ethyl adjacent to an activating group) is 1. The van der Waals surface area contributed by atoms with Crippen molar-refractivity contribution in [2.45, 2.75) is 19.6 Å². The highest BCUT2D eigenvalue weighted by Crippen LogP contribution is 2.16. The maximum Gasteiger partial charge on any atom is 0.253 e. The minimum absolute atomic E-state index is 0.0831. The molecule has 0 saturated heterocycles. The van der Waals surface area contributed by atoms with Crippen molar-refractivity contribution < 1.29 is 14.6 Å². The highest BCUT2D eigenvalue weighted by atomic mass is 16.5. The van der Waals surface area contributed by atoms with Crippen molar-refractivity contribution in [3.8, 4) is 11.8 Å². The topological polar surface area (TPSA) is 73.6 Å². The molecular formula is C19H20N2O3. The fourth-order valence-electron chi connectivity index (χ4n) is 2.14. The number of aliphatic hydroxyl groups is 1. The lowest BCUT2D eigenvalue weighted by Gasteiger charge is -2.23. The summed E-state index contributed by atoms with van der Waals surface area (Å²) in [4.78, 5) is 13.9. The molecule has 0 aliphatic heterocycles. The quantitative estimate of drug-likeness (QED) is 0.886. The lowest BCUT2D eigenvalue weighted by molar-refractivity contribution is 0.0682. The Morgan fingerprint density at radius 2 is 2.04 bits per heavy atom. The third kappa shape index (κ3) is 4.34. The molecule has 5 heteroatoms. The first-order valence-corrected chi connectivity index (χ1v) is 7.65. The van der Waals surface area contributed by atoms with Crippen molar-refractivity contribution >= 4 is 5.91 Å². The number of nitrogens with zero attached hydrogens (tertiary/aromatic N) is 2. The normalized spacial score (nSPS) is 11.4. The predicted molar refractivity (Wildman–Crippen MR) is 90.6 cm³/mol. The number of carbonyl (C=O) groups is 1. The molecule has 5 nitrogen and oxygen atoms in total. The standard InChI is InChI=1S/C19H20N2O3/c1-14(12-22)21(2)19(23)17-7-3-6-16(9-17)13-24-18-8-4-5-15(10-18)11-20/h3-10,14,22H,12-13H2,1-2H3. The van der Waals surface area contributed by atoms with Gasteiger partial charge in [-0.1, -0.05) is 18.2 Å². The Balaban J connectivity index is 2.07. The molecule has 1 N–H and O–H groups in total. The van der Waals surface area contributed by atoms with Gasteiger partial charge in [0.25, 0.3) is 5.91 Å². The van der Waals surface area contributed by atoms with Gasteiger partial charge in [-0.05, 0) is 42.8 Å². The predicted octanol–water partition coefficient (Wildman–Crippen LogP) is 2.59. The summed E-state index contributed by atoms with van der Waals surface area (Å²) >= 11 is 0. The molecule has 0 bridgehead atoms. The number of aliphatic hydroxyl groups excluding tert-OH is 1. The van der Waals surface area contributed by atoms with Crippen LogP contribution in [0.3, 0.4) is 0 Å². The maximum absolute atomic E-state index is 12.4. The van der Waals surface area contributed by atoms with Gasteiger partial charge in [-0.2, -0.15) is 5.26 Å². The average Bonchev–Trinajstić information content (AvgIpc) is 2.64. The molecule has 1 unspecified atom stereocenters. The van der Waals surface area contributed by atoms with E-state index in [0.717, 1.165) is 5.56 Å². The van der Waals surface area contributed by atoms with E-state index in [9.17, 15) is 9.90 Å². The van der Waals surface area contributed by atoms with Gasteiger partial charge in [-0.15, -0.1) is 0 Å². The van der Waals surface area contributed by atoms with Gasteiger partial charge in [0.1, 0.15) is 12.4 Å². The number of amides is 1. The van der Waals surface area contributed by atoms with E-state index in [1.54, 1.807) is 56.4 Å². The summed E-state index contributed by atoms with van der Waals surface area (Å²) in [6.45, 7) is 2.00. The summed E-state index contributed by atoms with van der Waals surface area (Å²) < 4.78 is 5.68. The van der Waals surface area contributed by atoms with Crippen molar-refractivity contribution in [3.63, 3.8) is 0 Å². The number of rotatable bonds is 6. The number of benzene rings is 2. The van der Waals surface area contributed by atoms with Crippen molar-refractivity contribution in [1.29, 1.82) is 5.26 Å². The van der Waals surface area contributed by atoms with Crippen molar-refractivity contribution in [2.24, 2.45) is 0 Å². The molecule has 0 fully saturated rings. The molecule has 24 heavy (non-hydrogen) atoms. The Hall–Kier alpha value is -2.84. The molecule has 0 aliphatic carbocycles. The summed E-state index contributed by atoms with van der Waals surface area (Å²) in [5, 5.41) is 18.1. The summed E-state index contributed by atoms with van der Waals surface area (Å²) in [7, 11) is 1.67. The largest absolute Gasteiger partial charge is 0.489 e. The number of ether oxygens (including phenoxy) is 1. The zero-order chi connectivity index (χ0) is 17.5. The molecule has 1 amide bonds. The van der Waals surface area contributed by atoms with Crippen LogP contribution in [0.4, 0.5) is 0 Å². The average molecular weight is 324 g/mol. The second-order valence-electron chi connectivity index (χ2n) is 5.58. The third-order valence-electron chi connectivity index (χ3n) is 3.79. The van der Waals surface area contributed by atoms with E-state index in [-0.39, 0.29) is 18.6 Å². The number of hydrogen-bond acceptors (Lipinski definition) is 4. The van der Waals surface area contributed by atoms with Crippen LogP contribution >= 0.6 is 0 Å². The lowest BCUT2D eigenvalue weighted by Crippen LogP contribution is -2.37. The van der Waals surface area contributed by atoms with Crippen molar-refractivity contribution in [3.05, 3.63) is 65.2 Å². The van der Waals surface area contributed by atoms with E-state index < -0.39 is 0 Å². The van der Waals surface area contributed by atoms with E-state index in [2.05, 4.69) is 6.07 Å². The van der Waals surface area contributed by atoms with Crippen LogP contribution in [0.5, 0.6) is 5.75 Å². The molecule has 2 rings (SSSR count). The fraction of sp³-hybridized carbons (Fsp3) is 0.263. The van der Waals surface area contributed by atoms with E-state index in [1.807, 2.05) is 6.07 Å². The van der Waals surface area contributed by atoms with Crippen LogP contribution in [0.2, 0.25) is 0 Å². The van der Waals surface area contributed by atoms with Crippen LogP contribution in [-0.2, 0) is 6.61 Å². The molecule has 0 aliphatic rings. The summed E-state index contributed by atoms with van der Waals surface area (Å²) in [5.74, 6) is 0.460. The Labute approximate surface area is 141 Å². The third-order valence-corrected chi connectivity index (χ3v) is 3.79. The molecule has 1 atom stereocenters. The highest BCUT2D eigenvalue weighted by molar-refractivity contribution is 5.94. The van der Waals surface area contributed by atoms with E-state index in [4.69, 9.17) is 10.00 Å². The molecule has 0 saturated carbocycles. The fourth-order valence-corrected chi connectivity index (χ4v) is 2.14. The number of carbonyl (C=O) groups excluding carboxylic acids is 1. The highest BCUT2D eigenvalue weighted by Gasteiger charge is 2.16. The van der Waals surface area contributed by atoms with Gasteiger partial charge < -0.3 is 14.7 Å². The molecular weight excluding hydrogens is 304 g/mol. The van der Waals surface area contributed by atoms with Crippen molar-refractivity contribution in [1.82, 2.24) is 4.90 Å². The summed E-state index contributed by atoms with van der Waals surface area (Å²) in [5.41, 5.74) is 1.94. The van der Waals surface area contributed by atoms with Crippen LogP contribution in [-0.4, -0.2) is 35.6 Å². The first-order valence-electron chi connectivity index (χ1n) is 7.65. The van der Waals surface area contributed by atoms with Gasteiger partial charge in [-0.25, -0.2) is 0 Å². The van der Waals surface area contributed by atoms with Gasteiger partial charge in [-0.3, -0.25) is 4.79 Å². The second kappa shape index (κ2) is 8.14. The lowest BCUT2D eigenvalue weighted by atomic mass is 10.1. The Morgan fingerprint density at radius 1 is 1.29 bits per heavy atom. The van der Waals surface area contributed by atoms with E-state index in [0.29, 0.717) is 23.5 Å². The number of nitriles is 1. The van der Waals surface area contributed by atoms with Gasteiger partial charge in [0, 0.05) is 12.6 Å². The second-order valence-corrected chi connectivity index (χ2v) is 5.58. The van der Waals surface area contributed by atoms with Gasteiger partial charge in [0.15, 0.2) is 0 Å². The van der Waals surface area contributed by atoms with Gasteiger partial charge in [0.2, 0.25) is 0 Å². The molecule has 2 aromatic rings. The first-order chi connectivity index (χ1) is 11.5. The SMILES string of the molecule is CC(CO)N(C)C(=O)c1cccc(COc2cccc(C#N)c2)c1. The zero-order valence-electron chi connectivity index (χ0n) is 13.8. The molecule has 0 aromatic heterocycles. The molecule has 0 spiro atoms. The Morgan fingerprint density at radius 3 is 2.75 bits per heavy atom. The maximum atomic E-state index is 12.4. The van der Waals surface area contributed by atoms with E-state index in [1.165, 1.54) is 4.90 Å². The summed E-state index contributed by atoms with van der Waals surface area (Å²) in [6.07, 6.45) is 0. The monoisotopic (exact) mass is 324 g/mol. The number of hydrogen-bond donors (Lipinski definition) is 1. The first kappa shape index (κ1) is 17.5. The minimum atomic E-state index is -0.244. The zero-order valence-corrected chi connectivity index (χ0v) is 13.8. The molecule has 124 valence electrons. The van der Waals surface area contributed by atoms with Crippen LogP contribution in [0.15, 0.2) is 48.5 Å². The molecule has 2 aromatic carbocycles. The molecule has 0 heterocycles. The van der Waals surface area contributed by atoms with Gasteiger partial charge in [0.05, 0.1) is 24.3 Å². The van der Waals surface area contributed by atoms with Gasteiger partial charge >= 0.3 is 0 Å². The Kier molecular flexibility index (Phi) is 5.94. The van der Waals surface area contributed by atoms with E-state index >= 15 is 0 Å². The minimum Gasteiger partial charge on any atom is -0.489 e. The molecule has 0 radical (unpaired) electrons. The van der Waals surface area contributed by atoms with Crippen LogP contribution in [0.1, 0.15) is 28.4 Å². The smallest absolute Gasteiger partial charge is 0.253 e. The van der Waals surface area contributed by atoms with Crippen LogP contribution < -0.4 is 4.74 Å². The van der Waals surface area contributed by atoms with Crippen molar-refractivity contribution in [2.75, 3.05) is 13.7 Å². The van der Waals surface area contributed by atoms with Crippen LogP contribution in [0, 0.1) is 11.3 Å².